The first-order chi connectivity index (χ1) is 9.22. The van der Waals surface area contributed by atoms with Gasteiger partial charge < -0.3 is 5.73 Å². The zero-order chi connectivity index (χ0) is 15.5. The molecule has 1 atom stereocenters. The lowest BCUT2D eigenvalue weighted by Crippen LogP contribution is -2.37. The molecule has 1 aromatic rings. The van der Waals surface area contributed by atoms with E-state index in [1.807, 2.05) is 13.8 Å². The summed E-state index contributed by atoms with van der Waals surface area (Å²) >= 11 is 5.80. The third-order valence-corrected chi connectivity index (χ3v) is 5.46. The second-order valence-corrected chi connectivity index (χ2v) is 6.88. The molecule has 114 valence electrons. The number of nitrogens with two attached hydrogens (primary N) is 1. The Morgan fingerprint density at radius 1 is 1.35 bits per heavy atom. The van der Waals surface area contributed by atoms with E-state index in [1.165, 1.54) is 0 Å². The smallest absolute Gasteiger partial charge is 0.242 e. The summed E-state index contributed by atoms with van der Waals surface area (Å²) in [4.78, 5) is -0.198. The van der Waals surface area contributed by atoms with Crippen LogP contribution in [0.5, 0.6) is 0 Å². The van der Waals surface area contributed by atoms with Gasteiger partial charge in [-0.15, -0.1) is 0 Å². The van der Waals surface area contributed by atoms with E-state index < -0.39 is 15.8 Å². The number of hydrogen-bond acceptors (Lipinski definition) is 3. The molecule has 0 heterocycles. The molecule has 1 aromatic carbocycles. The van der Waals surface area contributed by atoms with E-state index in [4.69, 9.17) is 17.3 Å². The highest BCUT2D eigenvalue weighted by Crippen LogP contribution is 2.27. The van der Waals surface area contributed by atoms with Gasteiger partial charge in [-0.2, -0.15) is 0 Å². The van der Waals surface area contributed by atoms with Crippen LogP contribution >= 0.6 is 11.6 Å². The topological polar surface area (TPSA) is 72.2 Å². The predicted octanol–water partition coefficient (Wildman–Crippen LogP) is 3.16. The second kappa shape index (κ2) is 6.74. The van der Waals surface area contributed by atoms with Crippen molar-refractivity contribution < 1.29 is 12.8 Å². The summed E-state index contributed by atoms with van der Waals surface area (Å²) in [6.07, 6.45) is 1.72. The summed E-state index contributed by atoms with van der Waals surface area (Å²) in [5.74, 6) is -0.511. The molecule has 0 amide bonds. The van der Waals surface area contributed by atoms with Crippen molar-refractivity contribution in [1.29, 1.82) is 0 Å². The van der Waals surface area contributed by atoms with Gasteiger partial charge in [0.25, 0.3) is 0 Å². The average molecular weight is 323 g/mol. The van der Waals surface area contributed by atoms with Gasteiger partial charge in [0.15, 0.2) is 0 Å². The number of nitrogen functional groups attached to an aromatic ring is 1. The molecule has 0 radical (unpaired) electrons. The Kier molecular flexibility index (Phi) is 5.79. The Balaban J connectivity index is 3.09. The standard InChI is InChI=1S/C13H20ClFN2O2S/c1-4-9(5-2)8(3)17-20(18,19)13-7-12(16)11(15)6-10(13)14/h6-9,17H,4-5,16H2,1-3H3. The van der Waals surface area contributed by atoms with Crippen molar-refractivity contribution >= 4 is 27.3 Å². The quantitative estimate of drug-likeness (QED) is 0.790. The fraction of sp³-hybridized carbons (Fsp3) is 0.538. The lowest BCUT2D eigenvalue weighted by atomic mass is 9.96. The van der Waals surface area contributed by atoms with Crippen molar-refractivity contribution in [2.75, 3.05) is 5.73 Å². The monoisotopic (exact) mass is 322 g/mol. The molecule has 1 rings (SSSR count). The molecule has 4 nitrogen and oxygen atoms in total. The van der Waals surface area contributed by atoms with E-state index in [0.717, 1.165) is 25.0 Å². The van der Waals surface area contributed by atoms with Gasteiger partial charge in [-0.1, -0.05) is 38.3 Å². The van der Waals surface area contributed by atoms with Crippen LogP contribution in [0.4, 0.5) is 10.1 Å². The van der Waals surface area contributed by atoms with Crippen LogP contribution in [-0.2, 0) is 10.0 Å². The Hall–Kier alpha value is -0.850. The van der Waals surface area contributed by atoms with Crippen LogP contribution in [0.2, 0.25) is 5.02 Å². The van der Waals surface area contributed by atoms with Crippen LogP contribution in [0.3, 0.4) is 0 Å². The van der Waals surface area contributed by atoms with Crippen molar-refractivity contribution in [3.8, 4) is 0 Å². The first-order valence-electron chi connectivity index (χ1n) is 6.49. The zero-order valence-corrected chi connectivity index (χ0v) is 13.4. The summed E-state index contributed by atoms with van der Waals surface area (Å²) in [5, 5.41) is -0.180. The first-order valence-corrected chi connectivity index (χ1v) is 8.35. The van der Waals surface area contributed by atoms with Gasteiger partial charge in [0.2, 0.25) is 10.0 Å². The van der Waals surface area contributed by atoms with E-state index in [-0.39, 0.29) is 27.6 Å². The van der Waals surface area contributed by atoms with E-state index in [9.17, 15) is 12.8 Å². The number of hydrogen-bond donors (Lipinski definition) is 2. The van der Waals surface area contributed by atoms with Crippen LogP contribution in [0, 0.1) is 11.7 Å². The maximum Gasteiger partial charge on any atom is 0.242 e. The number of sulfonamides is 1. The van der Waals surface area contributed by atoms with Crippen LogP contribution in [0.1, 0.15) is 33.6 Å². The van der Waals surface area contributed by atoms with Gasteiger partial charge in [0.1, 0.15) is 10.7 Å². The molecule has 20 heavy (non-hydrogen) atoms. The van der Waals surface area contributed by atoms with Gasteiger partial charge >= 0.3 is 0 Å². The number of anilines is 1. The fourth-order valence-corrected chi connectivity index (χ4v) is 4.01. The minimum Gasteiger partial charge on any atom is -0.396 e. The molecular formula is C13H20ClFN2O2S. The van der Waals surface area contributed by atoms with E-state index >= 15 is 0 Å². The molecule has 0 aliphatic heterocycles. The lowest BCUT2D eigenvalue weighted by Gasteiger charge is -2.22. The summed E-state index contributed by atoms with van der Waals surface area (Å²) in [7, 11) is -3.82. The third-order valence-electron chi connectivity index (χ3n) is 3.44. The Morgan fingerprint density at radius 3 is 2.40 bits per heavy atom. The predicted molar refractivity (Wildman–Crippen MR) is 79.7 cm³/mol. The van der Waals surface area contributed by atoms with Crippen molar-refractivity contribution in [3.05, 3.63) is 23.0 Å². The van der Waals surface area contributed by atoms with E-state index in [2.05, 4.69) is 4.72 Å². The van der Waals surface area contributed by atoms with Crippen LogP contribution in [0.15, 0.2) is 17.0 Å². The molecule has 3 N–H and O–H groups in total. The lowest BCUT2D eigenvalue weighted by molar-refractivity contribution is 0.391. The summed E-state index contributed by atoms with van der Waals surface area (Å²) < 4.78 is 40.4. The number of nitrogens with one attached hydrogen (secondary N) is 1. The molecule has 0 aromatic heterocycles. The van der Waals surface area contributed by atoms with Crippen molar-refractivity contribution in [1.82, 2.24) is 4.72 Å². The molecule has 0 fully saturated rings. The maximum atomic E-state index is 13.2. The van der Waals surface area contributed by atoms with Crippen LogP contribution in [-0.4, -0.2) is 14.5 Å². The van der Waals surface area contributed by atoms with Crippen molar-refractivity contribution in [2.24, 2.45) is 5.92 Å². The van der Waals surface area contributed by atoms with E-state index in [0.29, 0.717) is 0 Å². The number of halogens is 2. The van der Waals surface area contributed by atoms with Crippen LogP contribution < -0.4 is 10.5 Å². The Morgan fingerprint density at radius 2 is 1.90 bits per heavy atom. The van der Waals surface area contributed by atoms with Gasteiger partial charge in [0.05, 0.1) is 10.7 Å². The largest absolute Gasteiger partial charge is 0.396 e. The van der Waals surface area contributed by atoms with Gasteiger partial charge in [-0.05, 0) is 25.0 Å². The summed E-state index contributed by atoms with van der Waals surface area (Å²) in [6.45, 7) is 5.81. The maximum absolute atomic E-state index is 13.2. The molecule has 0 aliphatic rings. The molecule has 0 aliphatic carbocycles. The number of benzene rings is 1. The summed E-state index contributed by atoms with van der Waals surface area (Å²) in [5.41, 5.74) is 5.16. The normalized spacial score (nSPS) is 13.7. The SMILES string of the molecule is CCC(CC)C(C)NS(=O)(=O)c1cc(N)c(F)cc1Cl. The Bertz CT molecular complexity index is 574. The highest BCUT2D eigenvalue weighted by Gasteiger charge is 2.24. The first kappa shape index (κ1) is 17.2. The molecule has 0 spiro atoms. The molecule has 1 unspecified atom stereocenters. The highest BCUT2D eigenvalue weighted by atomic mass is 35.5. The Labute approximate surface area is 124 Å². The molecule has 0 saturated heterocycles. The van der Waals surface area contributed by atoms with Crippen molar-refractivity contribution in [2.45, 2.75) is 44.6 Å². The zero-order valence-electron chi connectivity index (χ0n) is 11.8. The minimum atomic E-state index is -3.82. The molecule has 0 bridgehead atoms. The average Bonchev–Trinajstić information content (AvgIpc) is 2.34. The number of rotatable bonds is 6. The second-order valence-electron chi connectivity index (χ2n) is 4.79. The minimum absolute atomic E-state index is 0.180. The third kappa shape index (κ3) is 3.84. The van der Waals surface area contributed by atoms with Crippen LogP contribution in [0.25, 0.3) is 0 Å². The van der Waals surface area contributed by atoms with Gasteiger partial charge in [-0.3, -0.25) is 0 Å². The van der Waals surface area contributed by atoms with Gasteiger partial charge in [0, 0.05) is 6.04 Å². The highest BCUT2D eigenvalue weighted by molar-refractivity contribution is 7.89. The van der Waals surface area contributed by atoms with Gasteiger partial charge in [-0.25, -0.2) is 17.5 Å². The molecular weight excluding hydrogens is 303 g/mol. The summed E-state index contributed by atoms with van der Waals surface area (Å²) in [6, 6.07) is 1.71. The fourth-order valence-electron chi connectivity index (χ4n) is 2.15. The molecule has 7 heteroatoms. The molecule has 0 saturated carbocycles. The van der Waals surface area contributed by atoms with Crippen molar-refractivity contribution in [3.63, 3.8) is 0 Å². The van der Waals surface area contributed by atoms with E-state index in [1.54, 1.807) is 6.92 Å².